The van der Waals surface area contributed by atoms with Crippen molar-refractivity contribution in [1.29, 1.82) is 0 Å². The molecule has 11 nitrogen and oxygen atoms in total. The van der Waals surface area contributed by atoms with Crippen molar-refractivity contribution < 1.29 is 24.2 Å². The molecule has 0 radical (unpaired) electrons. The zero-order chi connectivity index (χ0) is 44.9. The zero-order valence-corrected chi connectivity index (χ0v) is 38.4. The Balaban J connectivity index is 0.836. The van der Waals surface area contributed by atoms with Gasteiger partial charge in [-0.05, 0) is 147 Å². The van der Waals surface area contributed by atoms with E-state index in [2.05, 4.69) is 41.2 Å². The summed E-state index contributed by atoms with van der Waals surface area (Å²) in [7, 11) is 1.66. The van der Waals surface area contributed by atoms with Gasteiger partial charge in [-0.1, -0.05) is 49.7 Å². The van der Waals surface area contributed by atoms with Crippen molar-refractivity contribution >= 4 is 29.2 Å². The van der Waals surface area contributed by atoms with E-state index in [0.717, 1.165) is 93.1 Å². The number of aromatic nitrogens is 3. The van der Waals surface area contributed by atoms with Gasteiger partial charge in [0.2, 0.25) is 0 Å². The maximum Gasteiger partial charge on any atom is 0.329 e. The number of carboxylic acid groups (broad SMARTS) is 1. The van der Waals surface area contributed by atoms with E-state index in [1.165, 1.54) is 22.4 Å². The summed E-state index contributed by atoms with van der Waals surface area (Å²) >= 11 is 6.35. The van der Waals surface area contributed by atoms with Crippen LogP contribution in [-0.4, -0.2) is 87.2 Å². The van der Waals surface area contributed by atoms with Gasteiger partial charge in [-0.15, -0.1) is 0 Å². The number of rotatable bonds is 13. The van der Waals surface area contributed by atoms with Crippen LogP contribution in [0.25, 0.3) is 11.4 Å². The van der Waals surface area contributed by atoms with Crippen molar-refractivity contribution in [3.63, 3.8) is 0 Å². The maximum absolute atomic E-state index is 14.3. The van der Waals surface area contributed by atoms with Crippen LogP contribution in [-0.2, 0) is 29.6 Å². The Hall–Kier alpha value is -5.52. The lowest BCUT2D eigenvalue weighted by Crippen LogP contribution is -2.72. The first-order chi connectivity index (χ1) is 31.4. The number of hydrogen-bond acceptors (Lipinski definition) is 9. The van der Waals surface area contributed by atoms with Crippen LogP contribution < -0.4 is 14.8 Å². The molecule has 1 unspecified atom stereocenters. The van der Waals surface area contributed by atoms with Gasteiger partial charge < -0.3 is 24.8 Å². The van der Waals surface area contributed by atoms with Gasteiger partial charge in [0, 0.05) is 78.1 Å². The third kappa shape index (κ3) is 8.24. The number of aliphatic carboxylic acids is 1. The standard InChI is InChI=1S/C53H59ClN6O5/c1-34(29-65-46-17-23-55-44-12-6-8-35(2)47(44)46)24-38-25-36-14-15-37(26-43(36)52(38)18-20-53(21-19-52,50(62)63)58-40-10-7-9-39(54)27-40)49(61)60-32-51(33-60)30-59(31-51)28-41-16-22-56-48(57-41)42-11-4-5-13-45(42)64-3/h4-5,7,9-11,13-17,22-23,26-27,34-35,38,58H,6,8,12,18-21,24-25,28-33H2,1-3H3,(H,62,63)/t34-,35-,38?,52?,53?/m1/s1. The number of hydrogen-bond donors (Lipinski definition) is 2. The molecule has 3 aromatic carbocycles. The predicted octanol–water partition coefficient (Wildman–Crippen LogP) is 9.62. The van der Waals surface area contributed by atoms with E-state index >= 15 is 0 Å². The molecule has 12 heteroatoms. The number of anilines is 1. The lowest BCUT2D eigenvalue weighted by atomic mass is 9.59. The number of nitrogens with zero attached hydrogens (tertiary/aromatic N) is 5. The zero-order valence-electron chi connectivity index (χ0n) is 37.7. The number of para-hydroxylation sites is 1. The average Bonchev–Trinajstić information content (AvgIpc) is 3.57. The van der Waals surface area contributed by atoms with E-state index in [4.69, 9.17) is 31.0 Å². The summed E-state index contributed by atoms with van der Waals surface area (Å²) in [6.07, 6.45) is 11.1. The van der Waals surface area contributed by atoms with Gasteiger partial charge in [-0.3, -0.25) is 14.7 Å². The molecular weight excluding hydrogens is 836 g/mol. The molecule has 2 aliphatic heterocycles. The van der Waals surface area contributed by atoms with E-state index in [9.17, 15) is 14.7 Å². The number of pyridine rings is 1. The minimum atomic E-state index is -1.13. The number of methoxy groups -OCH3 is 1. The van der Waals surface area contributed by atoms with Crippen molar-refractivity contribution in [2.75, 3.05) is 45.2 Å². The van der Waals surface area contributed by atoms with Gasteiger partial charge in [-0.2, -0.15) is 0 Å². The molecule has 2 N–H and O–H groups in total. The quantitative estimate of drug-likeness (QED) is 0.118. The number of carbonyl (C=O) groups excluding carboxylic acids is 1. The fourth-order valence-electron chi connectivity index (χ4n) is 12.2. The lowest BCUT2D eigenvalue weighted by molar-refractivity contribution is -0.144. The van der Waals surface area contributed by atoms with Crippen molar-refractivity contribution in [2.45, 2.75) is 95.1 Å². The molecule has 2 spiro atoms. The predicted molar refractivity (Wildman–Crippen MR) is 252 cm³/mol. The number of carbonyl (C=O) groups is 2. The van der Waals surface area contributed by atoms with E-state index in [1.54, 1.807) is 19.2 Å². The van der Waals surface area contributed by atoms with Crippen LogP contribution in [0.1, 0.15) is 103 Å². The Morgan fingerprint density at radius 3 is 2.52 bits per heavy atom. The molecule has 3 aliphatic carbocycles. The maximum atomic E-state index is 14.3. The molecule has 1 saturated carbocycles. The normalized spacial score (nSPS) is 24.6. The fraction of sp³-hybridized carbons (Fsp3) is 0.453. The van der Waals surface area contributed by atoms with Gasteiger partial charge in [0.15, 0.2) is 5.82 Å². The summed E-state index contributed by atoms with van der Waals surface area (Å²) in [5, 5.41) is 14.8. The van der Waals surface area contributed by atoms with Crippen molar-refractivity contribution in [3.05, 3.63) is 130 Å². The monoisotopic (exact) mass is 894 g/mol. The molecule has 10 rings (SSSR count). The van der Waals surface area contributed by atoms with Gasteiger partial charge in [0.1, 0.15) is 17.0 Å². The Morgan fingerprint density at radius 1 is 0.938 bits per heavy atom. The molecule has 2 aromatic heterocycles. The number of aryl methyl sites for hydroxylation is 1. The first-order valence-electron chi connectivity index (χ1n) is 23.4. The van der Waals surface area contributed by atoms with E-state index < -0.39 is 11.5 Å². The van der Waals surface area contributed by atoms with Gasteiger partial charge in [-0.25, -0.2) is 14.8 Å². The van der Waals surface area contributed by atoms with Crippen LogP contribution in [0.2, 0.25) is 5.02 Å². The summed E-state index contributed by atoms with van der Waals surface area (Å²) in [6.45, 7) is 9.18. The van der Waals surface area contributed by atoms with Crippen LogP contribution in [0.4, 0.5) is 5.69 Å². The molecule has 5 aromatic rings. The largest absolute Gasteiger partial charge is 0.496 e. The lowest BCUT2D eigenvalue weighted by Gasteiger charge is -2.60. The molecule has 3 atom stereocenters. The van der Waals surface area contributed by atoms with Gasteiger partial charge >= 0.3 is 5.97 Å². The van der Waals surface area contributed by atoms with Crippen molar-refractivity contribution in [3.8, 4) is 22.9 Å². The summed E-state index contributed by atoms with van der Waals surface area (Å²) < 4.78 is 12.2. The Kier molecular flexibility index (Phi) is 11.6. The highest BCUT2D eigenvalue weighted by Gasteiger charge is 2.56. The molecule has 65 heavy (non-hydrogen) atoms. The molecule has 338 valence electrons. The molecule has 4 heterocycles. The third-order valence-corrected chi connectivity index (χ3v) is 15.7. The summed E-state index contributed by atoms with van der Waals surface area (Å²) in [4.78, 5) is 46.0. The highest BCUT2D eigenvalue weighted by molar-refractivity contribution is 6.30. The van der Waals surface area contributed by atoms with Crippen LogP contribution in [0.3, 0.4) is 0 Å². The minimum Gasteiger partial charge on any atom is -0.496 e. The second-order valence-electron chi connectivity index (χ2n) is 19.9. The van der Waals surface area contributed by atoms with Crippen LogP contribution in [0, 0.1) is 17.3 Å². The molecule has 2 saturated heterocycles. The van der Waals surface area contributed by atoms with Crippen molar-refractivity contribution in [1.82, 2.24) is 24.8 Å². The van der Waals surface area contributed by atoms with Crippen LogP contribution in [0.15, 0.2) is 91.3 Å². The van der Waals surface area contributed by atoms with E-state index in [0.29, 0.717) is 54.7 Å². The summed E-state index contributed by atoms with van der Waals surface area (Å²) in [5.74, 6) is 2.55. The Morgan fingerprint density at radius 2 is 1.74 bits per heavy atom. The van der Waals surface area contributed by atoms with Crippen LogP contribution in [0.5, 0.6) is 11.5 Å². The first kappa shape index (κ1) is 43.4. The number of benzene rings is 3. The minimum absolute atomic E-state index is 0.0720. The third-order valence-electron chi connectivity index (χ3n) is 15.4. The van der Waals surface area contributed by atoms with E-state index in [1.807, 2.05) is 71.9 Å². The first-order valence-corrected chi connectivity index (χ1v) is 23.8. The number of ether oxygens (including phenoxy) is 2. The Bertz CT molecular complexity index is 2600. The SMILES string of the molecule is COc1ccccc1-c1nccc(CN2CC3(C2)CN(C(=O)c2ccc4c(c2)C2(CCC(Nc5cccc(Cl)c5)(C(=O)O)CC2)C(C[C@@H](C)COc2ccnc5c2[C@H](C)CCC5)C4)C3)n1. The number of halogens is 1. The van der Waals surface area contributed by atoms with Crippen LogP contribution >= 0.6 is 11.6 Å². The number of likely N-dealkylation sites (tertiary alicyclic amines) is 2. The smallest absolute Gasteiger partial charge is 0.329 e. The van der Waals surface area contributed by atoms with Gasteiger partial charge in [0.05, 0.1) is 25.0 Å². The average molecular weight is 896 g/mol. The van der Waals surface area contributed by atoms with Gasteiger partial charge in [0.25, 0.3) is 5.91 Å². The highest BCUT2D eigenvalue weighted by atomic mass is 35.5. The topological polar surface area (TPSA) is 130 Å². The second-order valence-corrected chi connectivity index (χ2v) is 20.4. The van der Waals surface area contributed by atoms with Crippen molar-refractivity contribution in [2.24, 2.45) is 17.3 Å². The highest BCUT2D eigenvalue weighted by Crippen LogP contribution is 2.56. The fourth-order valence-corrected chi connectivity index (χ4v) is 12.4. The Labute approximate surface area is 386 Å². The number of carboxylic acids is 1. The molecular formula is C53H59ClN6O5. The summed E-state index contributed by atoms with van der Waals surface area (Å²) in [6, 6.07) is 25.5. The van der Waals surface area contributed by atoms with E-state index in [-0.39, 0.29) is 28.6 Å². The summed E-state index contributed by atoms with van der Waals surface area (Å²) in [5.41, 5.74) is 6.89. The number of nitrogens with one attached hydrogen (secondary N) is 1. The second kappa shape index (κ2) is 17.4. The number of fused-ring (bicyclic) bond motifs is 3. The molecule has 5 aliphatic rings. The molecule has 3 fully saturated rings. The number of amides is 1. The molecule has 1 amide bonds. The molecule has 0 bridgehead atoms.